The van der Waals surface area contributed by atoms with Crippen LogP contribution in [0.5, 0.6) is 0 Å². The smallest absolute Gasteiger partial charge is 0.243 e. The number of nitrogen functional groups attached to an aromatic ring is 1. The summed E-state index contributed by atoms with van der Waals surface area (Å²) in [5.41, 5.74) is 6.98. The Morgan fingerprint density at radius 2 is 2.00 bits per heavy atom. The normalized spacial score (nSPS) is 12.0. The van der Waals surface area contributed by atoms with E-state index in [2.05, 4.69) is 0 Å². The van der Waals surface area contributed by atoms with Crippen LogP contribution in [0.25, 0.3) is 0 Å². The van der Waals surface area contributed by atoms with Gasteiger partial charge in [0, 0.05) is 25.9 Å². The summed E-state index contributed by atoms with van der Waals surface area (Å²) < 4.78 is 31.1. The third-order valence-electron chi connectivity index (χ3n) is 2.61. The van der Waals surface area contributed by atoms with Gasteiger partial charge in [0.05, 0.1) is 11.5 Å². The fourth-order valence-corrected chi connectivity index (χ4v) is 3.29. The fourth-order valence-electron chi connectivity index (χ4n) is 1.72. The Balaban J connectivity index is 3.10. The highest BCUT2D eigenvalue weighted by atomic mass is 32.2. The Morgan fingerprint density at radius 1 is 1.33 bits per heavy atom. The zero-order valence-corrected chi connectivity index (χ0v) is 11.8. The molecule has 2 N–H and O–H groups in total. The maximum atomic E-state index is 12.4. The molecule has 0 aliphatic carbocycles. The molecule has 0 unspecified atom stereocenters. The number of nitrogens with zero attached hydrogens (tertiary/aromatic N) is 1. The second-order valence-corrected chi connectivity index (χ2v) is 6.01. The van der Waals surface area contributed by atoms with Gasteiger partial charge < -0.3 is 10.5 Å². The molecule has 0 atom stereocenters. The molecule has 1 rings (SSSR count). The van der Waals surface area contributed by atoms with Crippen molar-refractivity contribution in [3.8, 4) is 0 Å². The lowest BCUT2D eigenvalue weighted by atomic mass is 10.2. The van der Waals surface area contributed by atoms with E-state index in [1.165, 1.54) is 10.4 Å². The molecule has 0 fully saturated rings. The van der Waals surface area contributed by atoms with E-state index >= 15 is 0 Å². The van der Waals surface area contributed by atoms with Gasteiger partial charge >= 0.3 is 0 Å². The summed E-state index contributed by atoms with van der Waals surface area (Å²) in [7, 11) is -1.95. The van der Waals surface area contributed by atoms with Crippen LogP contribution >= 0.6 is 0 Å². The van der Waals surface area contributed by atoms with Crippen molar-refractivity contribution in [2.75, 3.05) is 32.5 Å². The summed E-state index contributed by atoms with van der Waals surface area (Å²) in [6.07, 6.45) is 0. The first-order chi connectivity index (χ1) is 8.41. The third-order valence-corrected chi connectivity index (χ3v) is 4.56. The van der Waals surface area contributed by atoms with Crippen LogP contribution in [-0.4, -0.2) is 39.5 Å². The zero-order valence-electron chi connectivity index (χ0n) is 11.0. The summed E-state index contributed by atoms with van der Waals surface area (Å²) in [4.78, 5) is 0.234. The first-order valence-electron chi connectivity index (χ1n) is 5.78. The molecule has 1 aromatic carbocycles. The molecule has 0 aliphatic rings. The number of hydrogen-bond acceptors (Lipinski definition) is 4. The monoisotopic (exact) mass is 272 g/mol. The molecule has 0 heterocycles. The second-order valence-electron chi connectivity index (χ2n) is 4.07. The van der Waals surface area contributed by atoms with E-state index in [0.29, 0.717) is 25.4 Å². The molecule has 0 radical (unpaired) electrons. The Morgan fingerprint density at radius 3 is 2.50 bits per heavy atom. The van der Waals surface area contributed by atoms with Gasteiger partial charge in [0.2, 0.25) is 10.0 Å². The number of ether oxygens (including phenoxy) is 1. The maximum Gasteiger partial charge on any atom is 0.243 e. The Bertz CT molecular complexity index is 480. The van der Waals surface area contributed by atoms with Gasteiger partial charge in [-0.1, -0.05) is 6.92 Å². The molecule has 0 saturated heterocycles. The quantitative estimate of drug-likeness (QED) is 0.791. The Kier molecular flexibility index (Phi) is 5.13. The molecule has 0 spiro atoms. The van der Waals surface area contributed by atoms with Gasteiger partial charge in [0.25, 0.3) is 0 Å². The van der Waals surface area contributed by atoms with Crippen molar-refractivity contribution in [3.63, 3.8) is 0 Å². The number of methoxy groups -OCH3 is 1. The third kappa shape index (κ3) is 3.44. The molecular weight excluding hydrogens is 252 g/mol. The van der Waals surface area contributed by atoms with Crippen molar-refractivity contribution in [1.29, 1.82) is 0 Å². The molecular formula is C12H20N2O3S. The van der Waals surface area contributed by atoms with Gasteiger partial charge in [-0.3, -0.25) is 0 Å². The summed E-state index contributed by atoms with van der Waals surface area (Å²) in [5.74, 6) is 0. The van der Waals surface area contributed by atoms with Crippen molar-refractivity contribution in [3.05, 3.63) is 23.8 Å². The summed E-state index contributed by atoms with van der Waals surface area (Å²) in [6, 6.07) is 4.85. The van der Waals surface area contributed by atoms with E-state index in [1.54, 1.807) is 26.2 Å². The number of nitrogens with two attached hydrogens (primary N) is 1. The minimum Gasteiger partial charge on any atom is -0.399 e. The predicted molar refractivity (Wildman–Crippen MR) is 71.9 cm³/mol. The van der Waals surface area contributed by atoms with E-state index in [1.807, 2.05) is 6.92 Å². The Labute approximate surface area is 109 Å². The number of likely N-dealkylation sites (N-methyl/N-ethyl adjacent to an activating group) is 1. The number of aryl methyl sites for hydroxylation is 1. The van der Waals surface area contributed by atoms with Crippen molar-refractivity contribution >= 4 is 15.7 Å². The molecule has 0 aliphatic heterocycles. The number of sulfonamides is 1. The van der Waals surface area contributed by atoms with Gasteiger partial charge in [0.1, 0.15) is 0 Å². The van der Waals surface area contributed by atoms with Gasteiger partial charge in [-0.2, -0.15) is 4.31 Å². The molecule has 0 saturated carbocycles. The lowest BCUT2D eigenvalue weighted by Gasteiger charge is -2.20. The molecule has 1 aromatic rings. The second kappa shape index (κ2) is 6.17. The minimum atomic E-state index is -3.50. The van der Waals surface area contributed by atoms with E-state index in [0.717, 1.165) is 5.56 Å². The van der Waals surface area contributed by atoms with E-state index in [4.69, 9.17) is 10.5 Å². The summed E-state index contributed by atoms with van der Waals surface area (Å²) in [5, 5.41) is 0. The summed E-state index contributed by atoms with van der Waals surface area (Å²) in [6.45, 7) is 4.73. The largest absolute Gasteiger partial charge is 0.399 e. The molecule has 0 amide bonds. The molecule has 0 aromatic heterocycles. The average Bonchev–Trinajstić information content (AvgIpc) is 2.28. The highest BCUT2D eigenvalue weighted by Crippen LogP contribution is 2.20. The lowest BCUT2D eigenvalue weighted by molar-refractivity contribution is 0.180. The Hall–Kier alpha value is -1.11. The van der Waals surface area contributed by atoms with Crippen LogP contribution in [0.15, 0.2) is 23.1 Å². The first-order valence-corrected chi connectivity index (χ1v) is 7.22. The average molecular weight is 272 g/mol. The van der Waals surface area contributed by atoms with Crippen LogP contribution in [0.3, 0.4) is 0 Å². The number of hydrogen-bond donors (Lipinski definition) is 1. The number of rotatable bonds is 6. The van der Waals surface area contributed by atoms with Crippen LogP contribution in [0.4, 0.5) is 5.69 Å². The van der Waals surface area contributed by atoms with Gasteiger partial charge in [-0.05, 0) is 30.7 Å². The minimum absolute atomic E-state index is 0.234. The fraction of sp³-hybridized carbons (Fsp3) is 0.500. The van der Waals surface area contributed by atoms with E-state index < -0.39 is 10.0 Å². The van der Waals surface area contributed by atoms with Crippen LogP contribution in [0.2, 0.25) is 0 Å². The van der Waals surface area contributed by atoms with Crippen molar-refractivity contribution in [2.24, 2.45) is 0 Å². The van der Waals surface area contributed by atoms with Crippen molar-refractivity contribution < 1.29 is 13.2 Å². The summed E-state index contributed by atoms with van der Waals surface area (Å²) >= 11 is 0. The highest BCUT2D eigenvalue weighted by molar-refractivity contribution is 7.89. The van der Waals surface area contributed by atoms with Gasteiger partial charge in [0.15, 0.2) is 0 Å². The first kappa shape index (κ1) is 14.9. The number of anilines is 1. The lowest BCUT2D eigenvalue weighted by Crippen LogP contribution is -2.33. The SMILES string of the molecule is CCN(CCOC)S(=O)(=O)c1cc(C)cc(N)c1. The molecule has 102 valence electrons. The van der Waals surface area contributed by atoms with Crippen LogP contribution in [0, 0.1) is 6.92 Å². The van der Waals surface area contributed by atoms with Crippen LogP contribution in [0.1, 0.15) is 12.5 Å². The van der Waals surface area contributed by atoms with Crippen molar-refractivity contribution in [1.82, 2.24) is 4.31 Å². The number of benzene rings is 1. The standard InChI is InChI=1S/C12H20N2O3S/c1-4-14(5-6-17-3)18(15,16)12-8-10(2)7-11(13)9-12/h7-9H,4-6,13H2,1-3H3. The van der Waals surface area contributed by atoms with Crippen molar-refractivity contribution in [2.45, 2.75) is 18.7 Å². The highest BCUT2D eigenvalue weighted by Gasteiger charge is 2.23. The topological polar surface area (TPSA) is 72.6 Å². The molecule has 6 heteroatoms. The van der Waals surface area contributed by atoms with Gasteiger partial charge in [-0.15, -0.1) is 0 Å². The van der Waals surface area contributed by atoms with E-state index in [-0.39, 0.29) is 4.90 Å². The maximum absolute atomic E-state index is 12.4. The zero-order chi connectivity index (χ0) is 13.8. The van der Waals surface area contributed by atoms with Crippen LogP contribution < -0.4 is 5.73 Å². The molecule has 0 bridgehead atoms. The van der Waals surface area contributed by atoms with E-state index in [9.17, 15) is 8.42 Å². The molecule has 5 nitrogen and oxygen atoms in total. The molecule has 18 heavy (non-hydrogen) atoms. The predicted octanol–water partition coefficient (Wildman–Crippen LogP) is 1.23. The van der Waals surface area contributed by atoms with Crippen LogP contribution in [-0.2, 0) is 14.8 Å². The van der Waals surface area contributed by atoms with Gasteiger partial charge in [-0.25, -0.2) is 8.42 Å².